The van der Waals surface area contributed by atoms with E-state index in [4.69, 9.17) is 23.1 Å². The van der Waals surface area contributed by atoms with E-state index >= 15 is 0 Å². The minimum Gasteiger partial charge on any atom is -0.395 e. The number of hydrogen-bond acceptors (Lipinski definition) is 3. The van der Waals surface area contributed by atoms with E-state index in [1.54, 1.807) is 19.2 Å². The molecule has 0 bridgehead atoms. The average Bonchev–Trinajstić information content (AvgIpc) is 2.28. The molecule has 0 aliphatic rings. The predicted octanol–water partition coefficient (Wildman–Crippen LogP) is 0.580. The van der Waals surface area contributed by atoms with E-state index in [0.29, 0.717) is 23.5 Å². The molecule has 0 unspecified atom stereocenters. The lowest BCUT2D eigenvalue weighted by atomic mass is 10.0. The molecule has 4 nitrogen and oxygen atoms in total. The van der Waals surface area contributed by atoms with E-state index in [0.717, 1.165) is 5.56 Å². The van der Waals surface area contributed by atoms with Crippen molar-refractivity contribution in [2.75, 3.05) is 20.2 Å². The van der Waals surface area contributed by atoms with Crippen molar-refractivity contribution in [1.82, 2.24) is 4.90 Å². The zero-order valence-electron chi connectivity index (χ0n) is 9.72. The number of rotatable bonds is 5. The number of carbonyl (C=O) groups excluding carboxylic acids is 1. The van der Waals surface area contributed by atoms with Gasteiger partial charge < -0.3 is 15.7 Å². The molecular weight excluding hydrogens is 236 g/mol. The fraction of sp³-hybridized carbons (Fsp3) is 0.333. The third-order valence-corrected chi connectivity index (χ3v) is 2.54. The van der Waals surface area contributed by atoms with Crippen LogP contribution in [0.25, 0.3) is 0 Å². The van der Waals surface area contributed by atoms with Crippen LogP contribution in [-0.2, 0) is 6.42 Å². The van der Waals surface area contributed by atoms with Crippen LogP contribution in [0.3, 0.4) is 0 Å². The Balaban J connectivity index is 2.96. The second kappa shape index (κ2) is 6.32. The molecule has 1 amide bonds. The molecule has 1 aromatic rings. The molecule has 0 radical (unpaired) electrons. The van der Waals surface area contributed by atoms with Gasteiger partial charge in [-0.2, -0.15) is 0 Å². The first-order valence-corrected chi connectivity index (χ1v) is 5.69. The number of thiocarbonyl (C=S) groups is 1. The molecule has 0 fully saturated rings. The molecule has 0 heterocycles. The summed E-state index contributed by atoms with van der Waals surface area (Å²) in [7, 11) is 1.65. The Bertz CT molecular complexity index is 421. The minimum absolute atomic E-state index is 0.0558. The van der Waals surface area contributed by atoms with Crippen LogP contribution in [0, 0.1) is 0 Å². The summed E-state index contributed by atoms with van der Waals surface area (Å²) in [6, 6.07) is 7.21. The highest BCUT2D eigenvalue weighted by Gasteiger charge is 2.15. The van der Waals surface area contributed by atoms with Gasteiger partial charge in [0.2, 0.25) is 0 Å². The van der Waals surface area contributed by atoms with Crippen molar-refractivity contribution < 1.29 is 9.90 Å². The van der Waals surface area contributed by atoms with E-state index in [-0.39, 0.29) is 12.5 Å². The molecule has 0 aliphatic carbocycles. The third-order valence-electron chi connectivity index (χ3n) is 2.39. The van der Waals surface area contributed by atoms with Gasteiger partial charge in [-0.25, -0.2) is 0 Å². The van der Waals surface area contributed by atoms with Crippen molar-refractivity contribution >= 4 is 23.1 Å². The van der Waals surface area contributed by atoms with E-state index in [1.807, 2.05) is 12.1 Å². The fourth-order valence-electron chi connectivity index (χ4n) is 1.53. The maximum absolute atomic E-state index is 12.1. The largest absolute Gasteiger partial charge is 0.395 e. The molecule has 92 valence electrons. The quantitative estimate of drug-likeness (QED) is 0.752. The Morgan fingerprint density at radius 3 is 2.71 bits per heavy atom. The maximum atomic E-state index is 12.1. The summed E-state index contributed by atoms with van der Waals surface area (Å²) >= 11 is 4.85. The molecule has 0 spiro atoms. The summed E-state index contributed by atoms with van der Waals surface area (Å²) in [4.78, 5) is 13.9. The van der Waals surface area contributed by atoms with Gasteiger partial charge in [-0.15, -0.1) is 0 Å². The van der Waals surface area contributed by atoms with Crippen LogP contribution >= 0.6 is 12.2 Å². The number of amides is 1. The Morgan fingerprint density at radius 1 is 1.47 bits per heavy atom. The number of nitrogens with two attached hydrogens (primary N) is 1. The van der Waals surface area contributed by atoms with Crippen LogP contribution in [0.15, 0.2) is 24.3 Å². The number of aliphatic hydroxyl groups is 1. The summed E-state index contributed by atoms with van der Waals surface area (Å²) in [5.74, 6) is -0.133. The SMILES string of the molecule is CN(CCO)C(=O)c1ccccc1CC(N)=S. The highest BCUT2D eigenvalue weighted by atomic mass is 32.1. The van der Waals surface area contributed by atoms with Crippen LogP contribution < -0.4 is 5.73 Å². The highest BCUT2D eigenvalue weighted by Crippen LogP contribution is 2.12. The zero-order chi connectivity index (χ0) is 12.8. The molecule has 1 aromatic carbocycles. The number of aliphatic hydroxyl groups excluding tert-OH is 1. The van der Waals surface area contributed by atoms with Gasteiger partial charge in [-0.1, -0.05) is 30.4 Å². The second-order valence-electron chi connectivity index (χ2n) is 3.75. The van der Waals surface area contributed by atoms with E-state index < -0.39 is 0 Å². The molecule has 0 aliphatic heterocycles. The molecule has 0 atom stereocenters. The van der Waals surface area contributed by atoms with Crippen LogP contribution in [0.2, 0.25) is 0 Å². The molecule has 0 saturated heterocycles. The molecular formula is C12H16N2O2S. The fourth-order valence-corrected chi connectivity index (χ4v) is 1.68. The Kier molecular flexibility index (Phi) is 5.06. The van der Waals surface area contributed by atoms with Crippen LogP contribution in [0.5, 0.6) is 0 Å². The number of nitrogens with zero attached hydrogens (tertiary/aromatic N) is 1. The van der Waals surface area contributed by atoms with Gasteiger partial charge in [0, 0.05) is 25.6 Å². The van der Waals surface area contributed by atoms with E-state index in [2.05, 4.69) is 0 Å². The van der Waals surface area contributed by atoms with E-state index in [9.17, 15) is 4.79 Å². The molecule has 0 aromatic heterocycles. The number of hydrogen-bond donors (Lipinski definition) is 2. The van der Waals surface area contributed by atoms with Crippen LogP contribution in [-0.4, -0.2) is 41.1 Å². The van der Waals surface area contributed by atoms with Gasteiger partial charge in [0.05, 0.1) is 11.6 Å². The molecule has 1 rings (SSSR count). The topological polar surface area (TPSA) is 66.6 Å². The first-order valence-electron chi connectivity index (χ1n) is 5.28. The van der Waals surface area contributed by atoms with Gasteiger partial charge in [0.15, 0.2) is 0 Å². The van der Waals surface area contributed by atoms with Crippen LogP contribution in [0.1, 0.15) is 15.9 Å². The monoisotopic (exact) mass is 252 g/mol. The molecule has 17 heavy (non-hydrogen) atoms. The summed E-state index contributed by atoms with van der Waals surface area (Å²) in [6.07, 6.45) is 0.407. The molecule has 0 saturated carbocycles. The van der Waals surface area contributed by atoms with Gasteiger partial charge >= 0.3 is 0 Å². The lowest BCUT2D eigenvalue weighted by Crippen LogP contribution is -2.30. The first kappa shape index (κ1) is 13.6. The number of benzene rings is 1. The van der Waals surface area contributed by atoms with Crippen molar-refractivity contribution in [3.8, 4) is 0 Å². The van der Waals surface area contributed by atoms with Crippen molar-refractivity contribution in [2.24, 2.45) is 5.73 Å². The second-order valence-corrected chi connectivity index (χ2v) is 4.27. The van der Waals surface area contributed by atoms with Crippen molar-refractivity contribution in [2.45, 2.75) is 6.42 Å². The predicted molar refractivity (Wildman–Crippen MR) is 71.0 cm³/mol. The van der Waals surface area contributed by atoms with Crippen molar-refractivity contribution in [1.29, 1.82) is 0 Å². The normalized spacial score (nSPS) is 10.0. The Hall–Kier alpha value is -1.46. The summed E-state index contributed by atoms with van der Waals surface area (Å²) in [6.45, 7) is 0.250. The van der Waals surface area contributed by atoms with Crippen molar-refractivity contribution in [3.63, 3.8) is 0 Å². The molecule has 3 N–H and O–H groups in total. The number of likely N-dealkylation sites (N-methyl/N-ethyl adjacent to an activating group) is 1. The lowest BCUT2D eigenvalue weighted by molar-refractivity contribution is 0.0766. The van der Waals surface area contributed by atoms with Gasteiger partial charge in [-0.3, -0.25) is 4.79 Å². The average molecular weight is 252 g/mol. The van der Waals surface area contributed by atoms with Gasteiger partial charge in [-0.05, 0) is 11.6 Å². The Labute approximate surface area is 106 Å². The van der Waals surface area contributed by atoms with Crippen molar-refractivity contribution in [3.05, 3.63) is 35.4 Å². The summed E-state index contributed by atoms with van der Waals surface area (Å²) in [5.41, 5.74) is 6.89. The lowest BCUT2D eigenvalue weighted by Gasteiger charge is -2.17. The standard InChI is InChI=1S/C12H16N2O2S/c1-14(6-7-15)12(16)10-5-3-2-4-9(10)8-11(13)17/h2-5,15H,6-8H2,1H3,(H2,13,17). The van der Waals surface area contributed by atoms with Crippen LogP contribution in [0.4, 0.5) is 0 Å². The zero-order valence-corrected chi connectivity index (χ0v) is 10.5. The highest BCUT2D eigenvalue weighted by molar-refractivity contribution is 7.80. The number of carbonyl (C=O) groups is 1. The maximum Gasteiger partial charge on any atom is 0.253 e. The first-order chi connectivity index (χ1) is 8.06. The minimum atomic E-state index is -0.133. The third kappa shape index (κ3) is 3.80. The summed E-state index contributed by atoms with van der Waals surface area (Å²) < 4.78 is 0. The Morgan fingerprint density at radius 2 is 2.12 bits per heavy atom. The van der Waals surface area contributed by atoms with Gasteiger partial charge in [0.1, 0.15) is 0 Å². The smallest absolute Gasteiger partial charge is 0.253 e. The molecule has 5 heteroatoms. The van der Waals surface area contributed by atoms with E-state index in [1.165, 1.54) is 4.90 Å². The summed E-state index contributed by atoms with van der Waals surface area (Å²) in [5, 5.41) is 8.81. The van der Waals surface area contributed by atoms with Gasteiger partial charge in [0.25, 0.3) is 5.91 Å².